The van der Waals surface area contributed by atoms with Crippen molar-refractivity contribution in [3.63, 3.8) is 0 Å². The molecule has 1 amide bonds. The number of aromatic nitrogens is 2. The lowest BCUT2D eigenvalue weighted by Crippen LogP contribution is -2.28. The Balaban J connectivity index is 1.58. The Bertz CT molecular complexity index is 950. The van der Waals surface area contributed by atoms with Crippen LogP contribution in [-0.4, -0.2) is 47.7 Å². The van der Waals surface area contributed by atoms with Crippen LogP contribution in [0.15, 0.2) is 48.8 Å². The van der Waals surface area contributed by atoms with Crippen LogP contribution in [0.1, 0.15) is 28.3 Å². The summed E-state index contributed by atoms with van der Waals surface area (Å²) in [5, 5.41) is 4.27. The highest BCUT2D eigenvalue weighted by atomic mass is 16.5. The Morgan fingerprint density at radius 2 is 2.08 bits per heavy atom. The van der Waals surface area contributed by atoms with Gasteiger partial charge in [0.25, 0.3) is 5.91 Å². The molecular weight excluding hydrogens is 330 g/mol. The van der Waals surface area contributed by atoms with Crippen molar-refractivity contribution in [1.29, 1.82) is 0 Å². The van der Waals surface area contributed by atoms with E-state index < -0.39 is 0 Å². The predicted octanol–water partition coefficient (Wildman–Crippen LogP) is 2.98. The fourth-order valence-electron chi connectivity index (χ4n) is 3.63. The van der Waals surface area contributed by atoms with E-state index in [0.717, 1.165) is 29.0 Å². The zero-order chi connectivity index (χ0) is 18.1. The number of amides is 1. The fourth-order valence-corrected chi connectivity index (χ4v) is 3.63. The smallest absolute Gasteiger partial charge is 0.257 e. The molecule has 3 heterocycles. The van der Waals surface area contributed by atoms with E-state index in [1.807, 2.05) is 47.5 Å². The minimum atomic E-state index is 0.0237. The van der Waals surface area contributed by atoms with Gasteiger partial charge in [-0.1, -0.05) is 6.07 Å². The number of likely N-dealkylation sites (tertiary alicyclic amines) is 1. The number of methoxy groups -OCH3 is 2. The van der Waals surface area contributed by atoms with Gasteiger partial charge >= 0.3 is 0 Å². The van der Waals surface area contributed by atoms with E-state index in [0.29, 0.717) is 18.7 Å². The molecule has 0 aliphatic carbocycles. The van der Waals surface area contributed by atoms with Crippen molar-refractivity contribution in [2.45, 2.75) is 12.3 Å². The van der Waals surface area contributed by atoms with Gasteiger partial charge in [-0.2, -0.15) is 5.10 Å². The zero-order valence-electron chi connectivity index (χ0n) is 14.9. The van der Waals surface area contributed by atoms with Crippen molar-refractivity contribution in [3.8, 4) is 11.5 Å². The van der Waals surface area contributed by atoms with Crippen molar-refractivity contribution < 1.29 is 14.3 Å². The number of benzene rings is 1. The van der Waals surface area contributed by atoms with Crippen LogP contribution in [0.2, 0.25) is 0 Å². The lowest BCUT2D eigenvalue weighted by atomic mass is 9.97. The molecule has 0 N–H and O–H groups in total. The van der Waals surface area contributed by atoms with E-state index in [1.54, 1.807) is 24.9 Å². The predicted molar refractivity (Wildman–Crippen MR) is 98.0 cm³/mol. The average molecular weight is 351 g/mol. The van der Waals surface area contributed by atoms with Gasteiger partial charge in [0, 0.05) is 30.8 Å². The molecule has 6 nitrogen and oxygen atoms in total. The Labute approximate surface area is 151 Å². The molecule has 1 saturated heterocycles. The molecule has 1 aromatic carbocycles. The minimum Gasteiger partial charge on any atom is -0.497 e. The van der Waals surface area contributed by atoms with Gasteiger partial charge in [-0.05, 0) is 36.8 Å². The third-order valence-electron chi connectivity index (χ3n) is 5.01. The molecule has 1 atom stereocenters. The molecule has 0 radical (unpaired) electrons. The first kappa shape index (κ1) is 16.4. The van der Waals surface area contributed by atoms with Gasteiger partial charge in [0.15, 0.2) is 0 Å². The van der Waals surface area contributed by atoms with Crippen LogP contribution in [0.3, 0.4) is 0 Å². The quantitative estimate of drug-likeness (QED) is 0.725. The van der Waals surface area contributed by atoms with Crippen LogP contribution in [0.4, 0.5) is 0 Å². The number of carbonyl (C=O) groups excluding carboxylic acids is 1. The maximum Gasteiger partial charge on any atom is 0.257 e. The van der Waals surface area contributed by atoms with Crippen molar-refractivity contribution in [1.82, 2.24) is 14.5 Å². The number of nitrogens with zero attached hydrogens (tertiary/aromatic N) is 3. The molecule has 0 spiro atoms. The van der Waals surface area contributed by atoms with Crippen molar-refractivity contribution >= 4 is 11.4 Å². The van der Waals surface area contributed by atoms with E-state index in [2.05, 4.69) is 5.10 Å². The van der Waals surface area contributed by atoms with Crippen LogP contribution in [0.25, 0.3) is 5.52 Å². The second-order valence-electron chi connectivity index (χ2n) is 6.43. The van der Waals surface area contributed by atoms with Gasteiger partial charge < -0.3 is 14.4 Å². The summed E-state index contributed by atoms with van der Waals surface area (Å²) in [6.07, 6.45) is 4.39. The first-order valence-electron chi connectivity index (χ1n) is 8.65. The maximum atomic E-state index is 13.0. The molecule has 1 unspecified atom stereocenters. The Morgan fingerprint density at radius 1 is 1.19 bits per heavy atom. The number of rotatable bonds is 4. The van der Waals surface area contributed by atoms with Gasteiger partial charge in [-0.3, -0.25) is 4.79 Å². The largest absolute Gasteiger partial charge is 0.497 e. The third-order valence-corrected chi connectivity index (χ3v) is 5.01. The van der Waals surface area contributed by atoms with Gasteiger partial charge in [0.05, 0.1) is 31.5 Å². The van der Waals surface area contributed by atoms with Gasteiger partial charge in [0.1, 0.15) is 11.5 Å². The summed E-state index contributed by atoms with van der Waals surface area (Å²) >= 11 is 0. The van der Waals surface area contributed by atoms with Gasteiger partial charge in [0.2, 0.25) is 0 Å². The summed E-state index contributed by atoms with van der Waals surface area (Å²) in [5.41, 5.74) is 2.56. The van der Waals surface area contributed by atoms with E-state index in [9.17, 15) is 4.79 Å². The van der Waals surface area contributed by atoms with Crippen LogP contribution < -0.4 is 9.47 Å². The second kappa shape index (κ2) is 6.71. The van der Waals surface area contributed by atoms with Crippen molar-refractivity contribution in [2.24, 2.45) is 0 Å². The molecule has 3 aromatic rings. The maximum absolute atomic E-state index is 13.0. The Hall–Kier alpha value is -3.02. The topological polar surface area (TPSA) is 56.1 Å². The van der Waals surface area contributed by atoms with E-state index in [4.69, 9.17) is 9.47 Å². The highest BCUT2D eigenvalue weighted by Crippen LogP contribution is 2.36. The van der Waals surface area contributed by atoms with Crippen LogP contribution in [0, 0.1) is 0 Å². The number of hydrogen-bond donors (Lipinski definition) is 0. The molecule has 2 aromatic heterocycles. The van der Waals surface area contributed by atoms with E-state index >= 15 is 0 Å². The Kier molecular flexibility index (Phi) is 4.24. The Morgan fingerprint density at radius 3 is 2.88 bits per heavy atom. The number of hydrogen-bond acceptors (Lipinski definition) is 4. The van der Waals surface area contributed by atoms with E-state index in [-0.39, 0.29) is 11.8 Å². The molecule has 0 saturated carbocycles. The zero-order valence-corrected chi connectivity index (χ0v) is 14.9. The van der Waals surface area contributed by atoms with Crippen molar-refractivity contribution in [2.75, 3.05) is 27.3 Å². The first-order chi connectivity index (χ1) is 12.7. The highest BCUT2D eigenvalue weighted by molar-refractivity contribution is 6.00. The molecule has 6 heteroatoms. The summed E-state index contributed by atoms with van der Waals surface area (Å²) in [6.45, 7) is 1.38. The average Bonchev–Trinajstić information content (AvgIpc) is 3.34. The SMILES string of the molecule is COc1ccc(OC)c(C2CCN(C(=O)c3cnn4ccccc34)C2)c1. The minimum absolute atomic E-state index is 0.0237. The molecule has 134 valence electrons. The monoisotopic (exact) mass is 351 g/mol. The second-order valence-corrected chi connectivity index (χ2v) is 6.43. The number of ether oxygens (including phenoxy) is 2. The summed E-state index contributed by atoms with van der Waals surface area (Å²) in [5.74, 6) is 1.88. The molecule has 1 aliphatic rings. The van der Waals surface area contributed by atoms with Crippen LogP contribution >= 0.6 is 0 Å². The molecule has 1 fully saturated rings. The van der Waals surface area contributed by atoms with Crippen molar-refractivity contribution in [3.05, 3.63) is 59.9 Å². The summed E-state index contributed by atoms with van der Waals surface area (Å²) in [7, 11) is 3.32. The molecule has 0 bridgehead atoms. The van der Waals surface area contributed by atoms with Crippen LogP contribution in [0.5, 0.6) is 11.5 Å². The lowest BCUT2D eigenvalue weighted by Gasteiger charge is -2.18. The standard InChI is InChI=1S/C20H21N3O3/c1-25-15-6-7-19(26-2)16(11-15)14-8-10-22(13-14)20(24)17-12-21-23-9-4-3-5-18(17)23/h3-7,9,11-12,14H,8,10,13H2,1-2H3. The van der Waals surface area contributed by atoms with Crippen LogP contribution in [-0.2, 0) is 0 Å². The summed E-state index contributed by atoms with van der Waals surface area (Å²) in [6, 6.07) is 11.5. The molecule has 26 heavy (non-hydrogen) atoms. The third kappa shape index (κ3) is 2.77. The molecule has 1 aliphatic heterocycles. The molecule has 4 rings (SSSR count). The fraction of sp³-hybridized carbons (Fsp3) is 0.300. The summed E-state index contributed by atoms with van der Waals surface area (Å²) < 4.78 is 12.6. The lowest BCUT2D eigenvalue weighted by molar-refractivity contribution is 0.0792. The van der Waals surface area contributed by atoms with Gasteiger partial charge in [-0.15, -0.1) is 0 Å². The van der Waals surface area contributed by atoms with Gasteiger partial charge in [-0.25, -0.2) is 4.52 Å². The highest BCUT2D eigenvalue weighted by Gasteiger charge is 2.31. The first-order valence-corrected chi connectivity index (χ1v) is 8.65. The number of fused-ring (bicyclic) bond motifs is 1. The number of carbonyl (C=O) groups is 1. The normalized spacial score (nSPS) is 16.8. The number of pyridine rings is 1. The summed E-state index contributed by atoms with van der Waals surface area (Å²) in [4.78, 5) is 14.9. The molecular formula is C20H21N3O3. The van der Waals surface area contributed by atoms with E-state index in [1.165, 1.54) is 0 Å².